The molecular weight excluding hydrogens is 244 g/mol. The van der Waals surface area contributed by atoms with Crippen molar-refractivity contribution < 1.29 is 14.3 Å². The zero-order chi connectivity index (χ0) is 14.6. The number of ether oxygens (including phenoxy) is 1. The van der Waals surface area contributed by atoms with Crippen LogP contribution in [0.25, 0.3) is 0 Å². The maximum absolute atomic E-state index is 12.3. The fraction of sp³-hybridized carbons (Fsp3) is 0.857. The lowest BCUT2D eigenvalue weighted by Gasteiger charge is -2.42. The molecule has 1 rings (SSSR count). The Bertz CT molecular complexity index is 331. The van der Waals surface area contributed by atoms with Gasteiger partial charge in [-0.25, -0.2) is 0 Å². The van der Waals surface area contributed by atoms with E-state index in [2.05, 4.69) is 19.2 Å². The molecule has 5 nitrogen and oxygen atoms in total. The van der Waals surface area contributed by atoms with Gasteiger partial charge in [-0.15, -0.1) is 0 Å². The Labute approximate surface area is 115 Å². The van der Waals surface area contributed by atoms with Gasteiger partial charge in [0.2, 0.25) is 11.8 Å². The van der Waals surface area contributed by atoms with Crippen LogP contribution in [0, 0.1) is 5.92 Å². The molecule has 2 amide bonds. The third-order valence-electron chi connectivity index (χ3n) is 3.53. The van der Waals surface area contributed by atoms with Crippen LogP contribution in [0.2, 0.25) is 0 Å². The lowest BCUT2D eigenvalue weighted by molar-refractivity contribution is -0.152. The van der Waals surface area contributed by atoms with Crippen molar-refractivity contribution in [3.63, 3.8) is 0 Å². The number of carbonyl (C=O) groups excluding carboxylic acids is 2. The normalized spacial score (nSPS) is 25.7. The SMILES string of the molecule is COCCC(C)N1C(=O)C(C)NC(=O)C1CC(C)C. The van der Waals surface area contributed by atoms with Gasteiger partial charge in [0.1, 0.15) is 12.1 Å². The molecule has 0 aliphatic carbocycles. The van der Waals surface area contributed by atoms with E-state index in [9.17, 15) is 9.59 Å². The van der Waals surface area contributed by atoms with Crippen LogP contribution in [0.4, 0.5) is 0 Å². The molecule has 1 saturated heterocycles. The first-order chi connectivity index (χ1) is 8.88. The highest BCUT2D eigenvalue weighted by Gasteiger charge is 2.40. The number of carbonyl (C=O) groups is 2. The van der Waals surface area contributed by atoms with Gasteiger partial charge in [-0.2, -0.15) is 0 Å². The number of piperazine rings is 1. The van der Waals surface area contributed by atoms with E-state index in [1.54, 1.807) is 18.9 Å². The molecule has 0 bridgehead atoms. The molecule has 3 atom stereocenters. The van der Waals surface area contributed by atoms with E-state index in [0.717, 1.165) is 6.42 Å². The monoisotopic (exact) mass is 270 g/mol. The number of methoxy groups -OCH3 is 1. The van der Waals surface area contributed by atoms with Crippen molar-refractivity contribution in [3.05, 3.63) is 0 Å². The van der Waals surface area contributed by atoms with Crippen molar-refractivity contribution >= 4 is 11.8 Å². The van der Waals surface area contributed by atoms with Crippen LogP contribution in [0.1, 0.15) is 40.5 Å². The number of hydrogen-bond donors (Lipinski definition) is 1. The molecule has 1 aliphatic rings. The van der Waals surface area contributed by atoms with Crippen LogP contribution < -0.4 is 5.32 Å². The van der Waals surface area contributed by atoms with Gasteiger partial charge in [-0.3, -0.25) is 9.59 Å². The average molecular weight is 270 g/mol. The highest BCUT2D eigenvalue weighted by Crippen LogP contribution is 2.21. The molecule has 5 heteroatoms. The molecule has 1 fully saturated rings. The molecule has 110 valence electrons. The molecule has 0 aromatic rings. The van der Waals surface area contributed by atoms with Gasteiger partial charge in [0.15, 0.2) is 0 Å². The topological polar surface area (TPSA) is 58.6 Å². The van der Waals surface area contributed by atoms with Gasteiger partial charge < -0.3 is 15.0 Å². The third-order valence-corrected chi connectivity index (χ3v) is 3.53. The molecule has 1 heterocycles. The second kappa shape index (κ2) is 6.89. The lowest BCUT2D eigenvalue weighted by Crippen LogP contribution is -2.64. The Morgan fingerprint density at radius 1 is 1.32 bits per heavy atom. The number of amides is 2. The second-order valence-electron chi connectivity index (χ2n) is 5.75. The van der Waals surface area contributed by atoms with Crippen LogP contribution >= 0.6 is 0 Å². The number of nitrogens with zero attached hydrogens (tertiary/aromatic N) is 1. The van der Waals surface area contributed by atoms with Crippen molar-refractivity contribution in [1.29, 1.82) is 0 Å². The summed E-state index contributed by atoms with van der Waals surface area (Å²) in [6.45, 7) is 8.44. The first-order valence-electron chi connectivity index (χ1n) is 7.00. The minimum atomic E-state index is -0.430. The van der Waals surface area contributed by atoms with E-state index in [0.29, 0.717) is 18.9 Å². The molecule has 0 saturated carbocycles. The van der Waals surface area contributed by atoms with Crippen LogP contribution in [-0.4, -0.2) is 48.6 Å². The Balaban J connectivity index is 2.88. The molecule has 1 aliphatic heterocycles. The Hall–Kier alpha value is -1.10. The zero-order valence-electron chi connectivity index (χ0n) is 12.6. The largest absolute Gasteiger partial charge is 0.385 e. The van der Waals surface area contributed by atoms with E-state index in [1.165, 1.54) is 0 Å². The first kappa shape index (κ1) is 16.0. The summed E-state index contributed by atoms with van der Waals surface area (Å²) in [5.41, 5.74) is 0. The summed E-state index contributed by atoms with van der Waals surface area (Å²) in [6, 6.07) is -0.763. The second-order valence-corrected chi connectivity index (χ2v) is 5.75. The quantitative estimate of drug-likeness (QED) is 0.788. The zero-order valence-corrected chi connectivity index (χ0v) is 12.6. The highest BCUT2D eigenvalue weighted by atomic mass is 16.5. The predicted octanol–water partition coefficient (Wildman–Crippen LogP) is 1.17. The predicted molar refractivity (Wildman–Crippen MR) is 73.6 cm³/mol. The molecule has 0 aromatic carbocycles. The smallest absolute Gasteiger partial charge is 0.245 e. The van der Waals surface area contributed by atoms with Crippen LogP contribution in [0.5, 0.6) is 0 Å². The highest BCUT2D eigenvalue weighted by molar-refractivity contribution is 5.96. The summed E-state index contributed by atoms with van der Waals surface area (Å²) in [7, 11) is 1.64. The van der Waals surface area contributed by atoms with E-state index >= 15 is 0 Å². The summed E-state index contributed by atoms with van der Waals surface area (Å²) in [6.07, 6.45) is 1.44. The summed E-state index contributed by atoms with van der Waals surface area (Å²) >= 11 is 0. The molecule has 0 spiro atoms. The third kappa shape index (κ3) is 3.93. The van der Waals surface area contributed by atoms with Gasteiger partial charge in [0.25, 0.3) is 0 Å². The Kier molecular flexibility index (Phi) is 5.79. The number of hydrogen-bond acceptors (Lipinski definition) is 3. The van der Waals surface area contributed by atoms with Crippen LogP contribution in [0.15, 0.2) is 0 Å². The lowest BCUT2D eigenvalue weighted by atomic mass is 9.96. The Morgan fingerprint density at radius 2 is 1.95 bits per heavy atom. The van der Waals surface area contributed by atoms with E-state index in [-0.39, 0.29) is 23.9 Å². The van der Waals surface area contributed by atoms with Crippen LogP contribution in [0.3, 0.4) is 0 Å². The standard InChI is InChI=1S/C14H26N2O3/c1-9(2)8-12-13(17)15-11(4)14(18)16(12)10(3)6-7-19-5/h9-12H,6-8H2,1-5H3,(H,15,17). The fourth-order valence-electron chi connectivity index (χ4n) is 2.49. The summed E-state index contributed by atoms with van der Waals surface area (Å²) in [4.78, 5) is 26.2. The van der Waals surface area contributed by atoms with Gasteiger partial charge >= 0.3 is 0 Å². The van der Waals surface area contributed by atoms with Crippen molar-refractivity contribution in [2.75, 3.05) is 13.7 Å². The summed E-state index contributed by atoms with van der Waals surface area (Å²) in [5, 5.41) is 2.76. The average Bonchev–Trinajstić information content (AvgIpc) is 2.33. The molecule has 0 radical (unpaired) electrons. The van der Waals surface area contributed by atoms with Crippen molar-refractivity contribution in [1.82, 2.24) is 10.2 Å². The number of nitrogens with one attached hydrogen (secondary N) is 1. The summed E-state index contributed by atoms with van der Waals surface area (Å²) < 4.78 is 5.07. The van der Waals surface area contributed by atoms with Gasteiger partial charge in [-0.1, -0.05) is 13.8 Å². The maximum Gasteiger partial charge on any atom is 0.245 e. The minimum absolute atomic E-state index is 0.00820. The van der Waals surface area contributed by atoms with Gasteiger partial charge in [-0.05, 0) is 32.6 Å². The minimum Gasteiger partial charge on any atom is -0.385 e. The molecule has 3 unspecified atom stereocenters. The number of rotatable bonds is 6. The molecule has 19 heavy (non-hydrogen) atoms. The maximum atomic E-state index is 12.3. The van der Waals surface area contributed by atoms with Crippen LogP contribution in [-0.2, 0) is 14.3 Å². The van der Waals surface area contributed by atoms with Gasteiger partial charge in [0.05, 0.1) is 0 Å². The first-order valence-corrected chi connectivity index (χ1v) is 7.00. The summed E-state index contributed by atoms with van der Waals surface area (Å²) in [5.74, 6) is 0.341. The Morgan fingerprint density at radius 3 is 2.47 bits per heavy atom. The molecular formula is C14H26N2O3. The van der Waals surface area contributed by atoms with Gasteiger partial charge in [0, 0.05) is 19.8 Å². The van der Waals surface area contributed by atoms with E-state index in [4.69, 9.17) is 4.74 Å². The van der Waals surface area contributed by atoms with Crippen molar-refractivity contribution in [2.24, 2.45) is 5.92 Å². The van der Waals surface area contributed by atoms with E-state index in [1.807, 2.05) is 6.92 Å². The molecule has 0 aromatic heterocycles. The van der Waals surface area contributed by atoms with E-state index < -0.39 is 6.04 Å². The van der Waals surface area contributed by atoms with Crippen molar-refractivity contribution in [2.45, 2.75) is 58.7 Å². The molecule has 1 N–H and O–H groups in total. The fourth-order valence-corrected chi connectivity index (χ4v) is 2.49. The van der Waals surface area contributed by atoms with Crippen molar-refractivity contribution in [3.8, 4) is 0 Å².